The third-order valence-corrected chi connectivity index (χ3v) is 3.61. The van der Waals surface area contributed by atoms with Crippen molar-refractivity contribution in [1.82, 2.24) is 0 Å². The highest BCUT2D eigenvalue weighted by Gasteiger charge is 2.23. The van der Waals surface area contributed by atoms with Crippen molar-refractivity contribution in [3.8, 4) is 0 Å². The van der Waals surface area contributed by atoms with E-state index in [4.69, 9.17) is 0 Å². The van der Waals surface area contributed by atoms with Gasteiger partial charge in [-0.15, -0.1) is 0 Å². The zero-order valence-corrected chi connectivity index (χ0v) is 10.2. The fraction of sp³-hybridized carbons (Fsp3) is 0.857. The molecular weight excluding hydrogens is 168 g/mol. The molecule has 0 heterocycles. The highest BCUT2D eigenvalue weighted by atomic mass is 14.3. The number of rotatable bonds is 7. The van der Waals surface area contributed by atoms with E-state index in [0.29, 0.717) is 0 Å². The summed E-state index contributed by atoms with van der Waals surface area (Å²) < 4.78 is 0. The summed E-state index contributed by atoms with van der Waals surface area (Å²) in [5, 5.41) is 0. The van der Waals surface area contributed by atoms with E-state index in [1.54, 1.807) is 0 Å². The molecule has 1 saturated carbocycles. The molecule has 14 heavy (non-hydrogen) atoms. The van der Waals surface area contributed by atoms with Crippen LogP contribution in [0, 0.1) is 17.8 Å². The summed E-state index contributed by atoms with van der Waals surface area (Å²) >= 11 is 0. The van der Waals surface area contributed by atoms with Crippen molar-refractivity contribution >= 4 is 0 Å². The first kappa shape index (κ1) is 11.8. The summed E-state index contributed by atoms with van der Waals surface area (Å²) in [6.07, 6.45) is 8.65. The molecule has 0 aromatic carbocycles. The van der Waals surface area contributed by atoms with Crippen molar-refractivity contribution in [1.29, 1.82) is 0 Å². The quantitative estimate of drug-likeness (QED) is 0.510. The Hall–Kier alpha value is -0.260. The topological polar surface area (TPSA) is 0 Å². The van der Waals surface area contributed by atoms with Crippen LogP contribution in [0.25, 0.3) is 0 Å². The van der Waals surface area contributed by atoms with Crippen LogP contribution in [0.1, 0.15) is 59.3 Å². The van der Waals surface area contributed by atoms with Crippen molar-refractivity contribution in [2.75, 3.05) is 0 Å². The summed E-state index contributed by atoms with van der Waals surface area (Å²) in [5.74, 6) is 2.78. The van der Waals surface area contributed by atoms with Gasteiger partial charge in [0.2, 0.25) is 0 Å². The Balaban J connectivity index is 1.98. The average molecular weight is 194 g/mol. The van der Waals surface area contributed by atoms with Crippen molar-refractivity contribution in [2.24, 2.45) is 17.8 Å². The second-order valence-corrected chi connectivity index (χ2v) is 5.46. The first-order valence-electron chi connectivity index (χ1n) is 6.25. The van der Waals surface area contributed by atoms with Crippen LogP contribution in [0.2, 0.25) is 0 Å². The Morgan fingerprint density at radius 2 is 1.93 bits per heavy atom. The molecule has 0 radical (unpaired) electrons. The Labute approximate surface area is 89.8 Å². The zero-order chi connectivity index (χ0) is 10.6. The fourth-order valence-corrected chi connectivity index (χ4v) is 2.06. The minimum absolute atomic E-state index is 0.725. The van der Waals surface area contributed by atoms with Crippen LogP contribution >= 0.6 is 0 Å². The summed E-state index contributed by atoms with van der Waals surface area (Å²) in [6.45, 7) is 10.9. The van der Waals surface area contributed by atoms with Gasteiger partial charge in [0.1, 0.15) is 0 Å². The van der Waals surface area contributed by atoms with Gasteiger partial charge in [0.05, 0.1) is 0 Å². The zero-order valence-electron chi connectivity index (χ0n) is 10.2. The Kier molecular flexibility index (Phi) is 4.71. The lowest BCUT2D eigenvalue weighted by molar-refractivity contribution is 0.424. The van der Waals surface area contributed by atoms with Gasteiger partial charge in [-0.1, -0.05) is 51.7 Å². The van der Waals surface area contributed by atoms with Gasteiger partial charge in [-0.3, -0.25) is 0 Å². The van der Waals surface area contributed by atoms with E-state index in [2.05, 4.69) is 27.4 Å². The van der Waals surface area contributed by atoms with Crippen LogP contribution in [0.4, 0.5) is 0 Å². The molecule has 0 aromatic heterocycles. The van der Waals surface area contributed by atoms with E-state index in [0.717, 1.165) is 17.8 Å². The van der Waals surface area contributed by atoms with Crippen LogP contribution in [0.3, 0.4) is 0 Å². The van der Waals surface area contributed by atoms with E-state index >= 15 is 0 Å². The SMILES string of the molecule is C=C(C)C(C)CCCC(C)CC1CC1. The van der Waals surface area contributed by atoms with Crippen molar-refractivity contribution in [2.45, 2.75) is 59.3 Å². The van der Waals surface area contributed by atoms with E-state index < -0.39 is 0 Å². The van der Waals surface area contributed by atoms with Gasteiger partial charge in [0.15, 0.2) is 0 Å². The van der Waals surface area contributed by atoms with Crippen molar-refractivity contribution in [3.05, 3.63) is 12.2 Å². The molecule has 1 aliphatic carbocycles. The standard InChI is InChI=1S/C14H26/c1-11(2)13(4)7-5-6-12(3)10-14-8-9-14/h12-14H,1,5-10H2,2-4H3. The lowest BCUT2D eigenvalue weighted by Crippen LogP contribution is -2.00. The second-order valence-electron chi connectivity index (χ2n) is 5.46. The Bertz CT molecular complexity index is 176. The van der Waals surface area contributed by atoms with E-state index in [1.807, 2.05) is 0 Å². The molecule has 0 amide bonds. The van der Waals surface area contributed by atoms with Crippen LogP contribution in [0.15, 0.2) is 12.2 Å². The van der Waals surface area contributed by atoms with Gasteiger partial charge >= 0.3 is 0 Å². The van der Waals surface area contributed by atoms with Crippen molar-refractivity contribution in [3.63, 3.8) is 0 Å². The molecule has 0 saturated heterocycles. The fourth-order valence-electron chi connectivity index (χ4n) is 2.06. The summed E-state index contributed by atoms with van der Waals surface area (Å²) in [6, 6.07) is 0. The minimum Gasteiger partial charge on any atom is -0.0999 e. The summed E-state index contributed by atoms with van der Waals surface area (Å²) in [4.78, 5) is 0. The molecule has 1 rings (SSSR count). The molecule has 1 fully saturated rings. The molecule has 2 atom stereocenters. The lowest BCUT2D eigenvalue weighted by Gasteiger charge is -2.13. The van der Waals surface area contributed by atoms with Gasteiger partial charge in [-0.2, -0.15) is 0 Å². The van der Waals surface area contributed by atoms with Crippen LogP contribution in [-0.4, -0.2) is 0 Å². The largest absolute Gasteiger partial charge is 0.0999 e. The average Bonchev–Trinajstić information content (AvgIpc) is 2.87. The van der Waals surface area contributed by atoms with Crippen LogP contribution in [-0.2, 0) is 0 Å². The normalized spacial score (nSPS) is 20.5. The smallest absolute Gasteiger partial charge is 0.0237 e. The van der Waals surface area contributed by atoms with Gasteiger partial charge in [0, 0.05) is 0 Å². The molecule has 2 unspecified atom stereocenters. The van der Waals surface area contributed by atoms with Gasteiger partial charge in [-0.25, -0.2) is 0 Å². The van der Waals surface area contributed by atoms with Gasteiger partial charge < -0.3 is 0 Å². The van der Waals surface area contributed by atoms with Crippen LogP contribution < -0.4 is 0 Å². The van der Waals surface area contributed by atoms with E-state index in [-0.39, 0.29) is 0 Å². The highest BCUT2D eigenvalue weighted by molar-refractivity contribution is 4.93. The molecule has 0 spiro atoms. The summed E-state index contributed by atoms with van der Waals surface area (Å²) in [5.41, 5.74) is 1.35. The molecule has 0 aliphatic heterocycles. The van der Waals surface area contributed by atoms with E-state index in [1.165, 1.54) is 44.1 Å². The maximum Gasteiger partial charge on any atom is -0.0237 e. The van der Waals surface area contributed by atoms with Gasteiger partial charge in [-0.05, 0) is 37.5 Å². The maximum absolute atomic E-state index is 4.01. The molecule has 0 aromatic rings. The minimum atomic E-state index is 0.725. The molecule has 0 nitrogen and oxygen atoms in total. The number of hydrogen-bond donors (Lipinski definition) is 0. The van der Waals surface area contributed by atoms with Gasteiger partial charge in [0.25, 0.3) is 0 Å². The Morgan fingerprint density at radius 1 is 1.29 bits per heavy atom. The molecular formula is C14H26. The third-order valence-electron chi connectivity index (χ3n) is 3.61. The highest BCUT2D eigenvalue weighted by Crippen LogP contribution is 2.36. The third kappa shape index (κ3) is 4.83. The number of hydrogen-bond acceptors (Lipinski definition) is 0. The molecule has 82 valence electrons. The molecule has 0 bridgehead atoms. The molecule has 0 N–H and O–H groups in total. The monoisotopic (exact) mass is 194 g/mol. The molecule has 0 heteroatoms. The van der Waals surface area contributed by atoms with Crippen molar-refractivity contribution < 1.29 is 0 Å². The van der Waals surface area contributed by atoms with Crippen LogP contribution in [0.5, 0.6) is 0 Å². The Morgan fingerprint density at radius 3 is 2.43 bits per heavy atom. The van der Waals surface area contributed by atoms with E-state index in [9.17, 15) is 0 Å². The predicted octanol–water partition coefficient (Wildman–Crippen LogP) is 4.81. The first-order chi connectivity index (χ1) is 6.59. The predicted molar refractivity (Wildman–Crippen MR) is 64.3 cm³/mol. The lowest BCUT2D eigenvalue weighted by atomic mass is 9.92. The maximum atomic E-state index is 4.01. The first-order valence-corrected chi connectivity index (χ1v) is 6.25. The number of allylic oxidation sites excluding steroid dienone is 1. The second kappa shape index (κ2) is 5.58. The molecule has 1 aliphatic rings. The summed E-state index contributed by atoms with van der Waals surface area (Å²) in [7, 11) is 0.